The van der Waals surface area contributed by atoms with Crippen molar-refractivity contribution in [3.05, 3.63) is 29.8 Å². The summed E-state index contributed by atoms with van der Waals surface area (Å²) < 4.78 is 10.9. The smallest absolute Gasteiger partial charge is 0.118 e. The van der Waals surface area contributed by atoms with Gasteiger partial charge >= 0.3 is 0 Å². The van der Waals surface area contributed by atoms with Crippen LogP contribution in [0.1, 0.15) is 65.4 Å². The monoisotopic (exact) mass is 380 g/mol. The second-order valence-electron chi connectivity index (χ2n) is 8.01. The molecule has 0 aromatic heterocycles. The zero-order chi connectivity index (χ0) is 20.2. The molecule has 0 fully saturated rings. The predicted molar refractivity (Wildman–Crippen MR) is 111 cm³/mol. The third kappa shape index (κ3) is 8.63. The van der Waals surface area contributed by atoms with Crippen LogP contribution >= 0.6 is 0 Å². The molecular weight excluding hydrogens is 340 g/mol. The summed E-state index contributed by atoms with van der Waals surface area (Å²) in [6.07, 6.45) is 4.80. The van der Waals surface area contributed by atoms with E-state index in [1.54, 1.807) is 7.11 Å². The fraction of sp³-hybridized carbons (Fsp3) is 0.739. The SMILES string of the molecule is CCCCCC[C@H](C)[C@H](O)[C@H](C)[C@@H](O)[C@@H](C)COCc1ccc(OC)cc1. The van der Waals surface area contributed by atoms with Crippen LogP contribution in [0.4, 0.5) is 0 Å². The van der Waals surface area contributed by atoms with Gasteiger partial charge in [0, 0.05) is 11.8 Å². The molecule has 27 heavy (non-hydrogen) atoms. The van der Waals surface area contributed by atoms with E-state index in [1.165, 1.54) is 19.3 Å². The Bertz CT molecular complexity index is 488. The van der Waals surface area contributed by atoms with Gasteiger partial charge in [0.2, 0.25) is 0 Å². The maximum absolute atomic E-state index is 10.6. The molecule has 1 aromatic rings. The Balaban J connectivity index is 2.36. The molecule has 5 atom stereocenters. The van der Waals surface area contributed by atoms with Crippen molar-refractivity contribution >= 4 is 0 Å². The molecule has 1 aromatic carbocycles. The summed E-state index contributed by atoms with van der Waals surface area (Å²) in [6.45, 7) is 9.19. The molecular formula is C23H40O4. The molecule has 4 heteroatoms. The molecule has 0 amide bonds. The number of unbranched alkanes of at least 4 members (excludes halogenated alkanes) is 3. The molecule has 0 unspecified atom stereocenters. The van der Waals surface area contributed by atoms with Gasteiger partial charge in [-0.2, -0.15) is 0 Å². The Morgan fingerprint density at radius 2 is 1.52 bits per heavy atom. The Labute approximate surface area is 165 Å². The maximum atomic E-state index is 10.6. The van der Waals surface area contributed by atoms with Gasteiger partial charge in [-0.15, -0.1) is 0 Å². The van der Waals surface area contributed by atoms with E-state index in [9.17, 15) is 10.2 Å². The van der Waals surface area contributed by atoms with E-state index < -0.39 is 12.2 Å². The first kappa shape index (κ1) is 23.9. The number of hydrogen-bond acceptors (Lipinski definition) is 4. The van der Waals surface area contributed by atoms with Gasteiger partial charge in [0.1, 0.15) is 5.75 Å². The number of methoxy groups -OCH3 is 1. The van der Waals surface area contributed by atoms with Gasteiger partial charge in [0.15, 0.2) is 0 Å². The minimum atomic E-state index is -0.575. The van der Waals surface area contributed by atoms with Crippen LogP contribution in [-0.2, 0) is 11.3 Å². The minimum Gasteiger partial charge on any atom is -0.497 e. The summed E-state index contributed by atoms with van der Waals surface area (Å²) in [4.78, 5) is 0. The van der Waals surface area contributed by atoms with E-state index >= 15 is 0 Å². The number of aliphatic hydroxyl groups excluding tert-OH is 2. The van der Waals surface area contributed by atoms with Crippen molar-refractivity contribution < 1.29 is 19.7 Å². The molecule has 0 heterocycles. The lowest BCUT2D eigenvalue weighted by atomic mass is 9.82. The normalized spacial score (nSPS) is 17.1. The molecule has 2 N–H and O–H groups in total. The van der Waals surface area contributed by atoms with Crippen LogP contribution in [0.3, 0.4) is 0 Å². The lowest BCUT2D eigenvalue weighted by Crippen LogP contribution is -2.38. The Morgan fingerprint density at radius 3 is 2.11 bits per heavy atom. The largest absolute Gasteiger partial charge is 0.497 e. The standard InChI is InChI=1S/C23H40O4/c1-6-7-8-9-10-17(2)22(24)19(4)23(25)18(3)15-27-16-20-11-13-21(26-5)14-12-20/h11-14,17-19,22-25H,6-10,15-16H2,1-5H3/t17-,18-,19-,22-,23-/m0/s1. The van der Waals surface area contributed by atoms with E-state index in [0.29, 0.717) is 13.2 Å². The van der Waals surface area contributed by atoms with Crippen LogP contribution in [0.5, 0.6) is 5.75 Å². The fourth-order valence-corrected chi connectivity index (χ4v) is 3.49. The van der Waals surface area contributed by atoms with E-state index in [4.69, 9.17) is 9.47 Å². The number of aliphatic hydroxyl groups is 2. The molecule has 0 aliphatic heterocycles. The average Bonchev–Trinajstić information content (AvgIpc) is 2.69. The van der Waals surface area contributed by atoms with Crippen molar-refractivity contribution in [2.45, 2.75) is 78.6 Å². The molecule has 156 valence electrons. The van der Waals surface area contributed by atoms with Crippen molar-refractivity contribution in [2.75, 3.05) is 13.7 Å². The lowest BCUT2D eigenvalue weighted by molar-refractivity contribution is -0.0503. The Morgan fingerprint density at radius 1 is 0.889 bits per heavy atom. The maximum Gasteiger partial charge on any atom is 0.118 e. The van der Waals surface area contributed by atoms with Gasteiger partial charge in [0.25, 0.3) is 0 Å². The molecule has 0 saturated carbocycles. The molecule has 1 rings (SSSR count). The van der Waals surface area contributed by atoms with Gasteiger partial charge in [-0.1, -0.05) is 65.5 Å². The number of hydrogen-bond donors (Lipinski definition) is 2. The molecule has 0 saturated heterocycles. The third-order valence-electron chi connectivity index (χ3n) is 5.56. The zero-order valence-corrected chi connectivity index (χ0v) is 17.9. The summed E-state index contributed by atoms with van der Waals surface area (Å²) >= 11 is 0. The minimum absolute atomic E-state index is 0.0276. The van der Waals surface area contributed by atoms with E-state index in [0.717, 1.165) is 24.2 Å². The zero-order valence-electron chi connectivity index (χ0n) is 17.9. The summed E-state index contributed by atoms with van der Waals surface area (Å²) in [5.41, 5.74) is 1.08. The first-order chi connectivity index (χ1) is 12.9. The quantitative estimate of drug-likeness (QED) is 0.455. The van der Waals surface area contributed by atoms with E-state index in [1.807, 2.05) is 38.1 Å². The predicted octanol–water partition coefficient (Wildman–Crippen LogP) is 4.81. The molecule has 0 spiro atoms. The van der Waals surface area contributed by atoms with Gasteiger partial charge in [-0.25, -0.2) is 0 Å². The van der Waals surface area contributed by atoms with Gasteiger partial charge in [-0.05, 0) is 30.0 Å². The summed E-state index contributed by atoms with van der Waals surface area (Å²) in [5.74, 6) is 0.846. The molecule has 0 bridgehead atoms. The van der Waals surface area contributed by atoms with Crippen molar-refractivity contribution in [3.8, 4) is 5.75 Å². The van der Waals surface area contributed by atoms with Gasteiger partial charge in [-0.3, -0.25) is 0 Å². The van der Waals surface area contributed by atoms with Gasteiger partial charge < -0.3 is 19.7 Å². The molecule has 4 nitrogen and oxygen atoms in total. The highest BCUT2D eigenvalue weighted by Gasteiger charge is 2.30. The van der Waals surface area contributed by atoms with Crippen molar-refractivity contribution in [1.82, 2.24) is 0 Å². The van der Waals surface area contributed by atoms with E-state index in [-0.39, 0.29) is 17.8 Å². The fourth-order valence-electron chi connectivity index (χ4n) is 3.49. The lowest BCUT2D eigenvalue weighted by Gasteiger charge is -2.31. The summed E-state index contributed by atoms with van der Waals surface area (Å²) in [7, 11) is 1.65. The second-order valence-corrected chi connectivity index (χ2v) is 8.01. The van der Waals surface area contributed by atoms with Crippen molar-refractivity contribution in [2.24, 2.45) is 17.8 Å². The van der Waals surface area contributed by atoms with Crippen LogP contribution in [0, 0.1) is 17.8 Å². The first-order valence-corrected chi connectivity index (χ1v) is 10.5. The number of benzene rings is 1. The molecule has 0 aliphatic rings. The van der Waals surface area contributed by atoms with Crippen LogP contribution in [-0.4, -0.2) is 36.1 Å². The summed E-state index contributed by atoms with van der Waals surface area (Å²) in [6, 6.07) is 7.79. The highest BCUT2D eigenvalue weighted by molar-refractivity contribution is 5.26. The third-order valence-corrected chi connectivity index (χ3v) is 5.56. The highest BCUT2D eigenvalue weighted by Crippen LogP contribution is 2.25. The number of ether oxygens (including phenoxy) is 2. The number of rotatable bonds is 14. The van der Waals surface area contributed by atoms with Crippen LogP contribution in [0.15, 0.2) is 24.3 Å². The Hall–Kier alpha value is -1.10. The van der Waals surface area contributed by atoms with E-state index in [2.05, 4.69) is 13.8 Å². The molecule has 0 radical (unpaired) electrons. The highest BCUT2D eigenvalue weighted by atomic mass is 16.5. The topological polar surface area (TPSA) is 58.9 Å². The van der Waals surface area contributed by atoms with Crippen LogP contribution < -0.4 is 4.74 Å². The van der Waals surface area contributed by atoms with Crippen LogP contribution in [0.25, 0.3) is 0 Å². The van der Waals surface area contributed by atoms with Crippen LogP contribution in [0.2, 0.25) is 0 Å². The van der Waals surface area contributed by atoms with Gasteiger partial charge in [0.05, 0.1) is 32.5 Å². The Kier molecular flexibility index (Phi) is 11.7. The second kappa shape index (κ2) is 13.1. The summed E-state index contributed by atoms with van der Waals surface area (Å²) in [5, 5.41) is 21.2. The molecule has 0 aliphatic carbocycles. The first-order valence-electron chi connectivity index (χ1n) is 10.5. The van der Waals surface area contributed by atoms with Crippen molar-refractivity contribution in [3.63, 3.8) is 0 Å². The average molecular weight is 381 g/mol. The van der Waals surface area contributed by atoms with Crippen molar-refractivity contribution in [1.29, 1.82) is 0 Å².